The summed E-state index contributed by atoms with van der Waals surface area (Å²) in [7, 11) is 2.08. The molecule has 0 aliphatic rings. The van der Waals surface area contributed by atoms with E-state index in [9.17, 15) is 0 Å². The highest BCUT2D eigenvalue weighted by Gasteiger charge is 2.09. The van der Waals surface area contributed by atoms with Crippen LogP contribution in [0.15, 0.2) is 12.1 Å². The SMILES string of the molecule is CCCCCN(C)c1ccc(CNC(C)(C)C)nn1. The number of nitrogens with zero attached hydrogens (tertiary/aromatic N) is 3. The van der Waals surface area contributed by atoms with Gasteiger partial charge in [-0.3, -0.25) is 0 Å². The lowest BCUT2D eigenvalue weighted by molar-refractivity contribution is 0.420. The zero-order valence-electron chi connectivity index (χ0n) is 13.0. The Hall–Kier alpha value is -1.16. The Balaban J connectivity index is 2.46. The molecule has 0 aromatic carbocycles. The fourth-order valence-corrected chi connectivity index (χ4v) is 1.72. The van der Waals surface area contributed by atoms with Gasteiger partial charge < -0.3 is 10.2 Å². The Bertz CT molecular complexity index is 353. The number of unbranched alkanes of at least 4 members (excludes halogenated alkanes) is 2. The predicted molar refractivity (Wildman–Crippen MR) is 81.4 cm³/mol. The number of hydrogen-bond donors (Lipinski definition) is 1. The van der Waals surface area contributed by atoms with Crippen molar-refractivity contribution in [3.8, 4) is 0 Å². The largest absolute Gasteiger partial charge is 0.358 e. The molecule has 0 radical (unpaired) electrons. The van der Waals surface area contributed by atoms with E-state index in [1.165, 1.54) is 19.3 Å². The summed E-state index contributed by atoms with van der Waals surface area (Å²) in [6.45, 7) is 10.5. The van der Waals surface area contributed by atoms with E-state index in [-0.39, 0.29) is 5.54 Å². The average molecular weight is 264 g/mol. The monoisotopic (exact) mass is 264 g/mol. The second-order valence-electron chi connectivity index (χ2n) is 6.12. The topological polar surface area (TPSA) is 41.0 Å². The highest BCUT2D eigenvalue weighted by atomic mass is 15.2. The molecule has 0 unspecified atom stereocenters. The highest BCUT2D eigenvalue weighted by molar-refractivity contribution is 5.35. The second-order valence-corrected chi connectivity index (χ2v) is 6.12. The highest BCUT2D eigenvalue weighted by Crippen LogP contribution is 2.09. The number of hydrogen-bond acceptors (Lipinski definition) is 4. The lowest BCUT2D eigenvalue weighted by Gasteiger charge is -2.20. The molecule has 0 bridgehead atoms. The van der Waals surface area contributed by atoms with Crippen molar-refractivity contribution in [1.82, 2.24) is 15.5 Å². The molecule has 0 amide bonds. The third kappa shape index (κ3) is 6.53. The number of anilines is 1. The summed E-state index contributed by atoms with van der Waals surface area (Å²) >= 11 is 0. The Kier molecular flexibility index (Phi) is 6.22. The maximum atomic E-state index is 4.29. The van der Waals surface area contributed by atoms with Crippen molar-refractivity contribution in [3.63, 3.8) is 0 Å². The maximum absolute atomic E-state index is 4.29. The molecule has 4 heteroatoms. The molecule has 0 atom stereocenters. The fourth-order valence-electron chi connectivity index (χ4n) is 1.72. The molecule has 0 saturated heterocycles. The van der Waals surface area contributed by atoms with E-state index in [2.05, 4.69) is 67.3 Å². The van der Waals surface area contributed by atoms with Crippen molar-refractivity contribution in [1.29, 1.82) is 0 Å². The first kappa shape index (κ1) is 15.9. The molecule has 0 spiro atoms. The number of nitrogens with one attached hydrogen (secondary N) is 1. The van der Waals surface area contributed by atoms with Gasteiger partial charge >= 0.3 is 0 Å². The Morgan fingerprint density at radius 3 is 2.42 bits per heavy atom. The van der Waals surface area contributed by atoms with E-state index in [0.717, 1.165) is 24.6 Å². The van der Waals surface area contributed by atoms with Crippen molar-refractivity contribution in [2.75, 3.05) is 18.5 Å². The van der Waals surface area contributed by atoms with Gasteiger partial charge in [0.05, 0.1) is 5.69 Å². The smallest absolute Gasteiger partial charge is 0.150 e. The van der Waals surface area contributed by atoms with Crippen LogP contribution >= 0.6 is 0 Å². The first-order valence-corrected chi connectivity index (χ1v) is 7.21. The van der Waals surface area contributed by atoms with E-state index in [1.807, 2.05) is 0 Å². The molecule has 1 aromatic rings. The quantitative estimate of drug-likeness (QED) is 0.769. The number of rotatable bonds is 7. The predicted octanol–water partition coefficient (Wildman–Crippen LogP) is 2.99. The van der Waals surface area contributed by atoms with Crippen molar-refractivity contribution >= 4 is 5.82 Å². The van der Waals surface area contributed by atoms with Crippen LogP contribution in [-0.4, -0.2) is 29.3 Å². The van der Waals surface area contributed by atoms with E-state index in [4.69, 9.17) is 0 Å². The van der Waals surface area contributed by atoms with Crippen LogP contribution in [0.4, 0.5) is 5.82 Å². The van der Waals surface area contributed by atoms with Gasteiger partial charge in [0.25, 0.3) is 0 Å². The summed E-state index contributed by atoms with van der Waals surface area (Å²) in [4.78, 5) is 2.17. The molecule has 1 heterocycles. The normalized spacial score (nSPS) is 11.6. The minimum Gasteiger partial charge on any atom is -0.358 e. The summed E-state index contributed by atoms with van der Waals surface area (Å²) in [6, 6.07) is 4.11. The van der Waals surface area contributed by atoms with Crippen molar-refractivity contribution in [3.05, 3.63) is 17.8 Å². The van der Waals surface area contributed by atoms with Gasteiger partial charge in [-0.1, -0.05) is 19.8 Å². The van der Waals surface area contributed by atoms with Gasteiger partial charge in [0, 0.05) is 25.7 Å². The van der Waals surface area contributed by atoms with Crippen LogP contribution in [0.25, 0.3) is 0 Å². The molecule has 0 aliphatic heterocycles. The van der Waals surface area contributed by atoms with Crippen LogP contribution < -0.4 is 10.2 Å². The van der Waals surface area contributed by atoms with Gasteiger partial charge in [-0.05, 0) is 39.3 Å². The summed E-state index contributed by atoms with van der Waals surface area (Å²) in [5.41, 5.74) is 1.10. The van der Waals surface area contributed by atoms with Gasteiger partial charge in [-0.15, -0.1) is 5.10 Å². The minimum atomic E-state index is 0.108. The van der Waals surface area contributed by atoms with Crippen LogP contribution in [0.2, 0.25) is 0 Å². The van der Waals surface area contributed by atoms with Gasteiger partial charge in [0.1, 0.15) is 0 Å². The molecule has 0 aliphatic carbocycles. The van der Waals surface area contributed by atoms with E-state index in [1.54, 1.807) is 0 Å². The van der Waals surface area contributed by atoms with E-state index in [0.29, 0.717) is 0 Å². The lowest BCUT2D eigenvalue weighted by Crippen LogP contribution is -2.35. The molecule has 0 fully saturated rings. The summed E-state index contributed by atoms with van der Waals surface area (Å²) in [5.74, 6) is 0.954. The van der Waals surface area contributed by atoms with Crippen LogP contribution in [0.3, 0.4) is 0 Å². The summed E-state index contributed by atoms with van der Waals surface area (Å²) in [5, 5.41) is 12.0. The maximum Gasteiger partial charge on any atom is 0.150 e. The third-order valence-electron chi connectivity index (χ3n) is 2.99. The molecule has 0 saturated carbocycles. The average Bonchev–Trinajstić information content (AvgIpc) is 2.36. The van der Waals surface area contributed by atoms with Crippen molar-refractivity contribution in [2.24, 2.45) is 0 Å². The van der Waals surface area contributed by atoms with E-state index >= 15 is 0 Å². The molecule has 19 heavy (non-hydrogen) atoms. The molecule has 1 N–H and O–H groups in total. The van der Waals surface area contributed by atoms with Crippen LogP contribution in [-0.2, 0) is 6.54 Å². The lowest BCUT2D eigenvalue weighted by atomic mass is 10.1. The summed E-state index contributed by atoms with van der Waals surface area (Å²) in [6.07, 6.45) is 3.73. The van der Waals surface area contributed by atoms with Gasteiger partial charge in [-0.25, -0.2) is 0 Å². The number of aromatic nitrogens is 2. The van der Waals surface area contributed by atoms with E-state index < -0.39 is 0 Å². The molecule has 1 rings (SSSR count). The molecule has 108 valence electrons. The summed E-state index contributed by atoms with van der Waals surface area (Å²) < 4.78 is 0. The standard InChI is InChI=1S/C15H28N4/c1-6-7-8-11-19(5)14-10-9-13(17-18-14)12-16-15(2,3)4/h9-10,16H,6-8,11-12H2,1-5H3. The van der Waals surface area contributed by atoms with Gasteiger partial charge in [0.2, 0.25) is 0 Å². The van der Waals surface area contributed by atoms with Crippen LogP contribution in [0, 0.1) is 0 Å². The van der Waals surface area contributed by atoms with Gasteiger partial charge in [-0.2, -0.15) is 5.10 Å². The Morgan fingerprint density at radius 2 is 1.89 bits per heavy atom. The fraction of sp³-hybridized carbons (Fsp3) is 0.733. The molecule has 4 nitrogen and oxygen atoms in total. The first-order chi connectivity index (χ1) is 8.92. The van der Waals surface area contributed by atoms with Gasteiger partial charge in [0.15, 0.2) is 5.82 Å². The molecule has 1 aromatic heterocycles. The van der Waals surface area contributed by atoms with Crippen LogP contribution in [0.1, 0.15) is 52.7 Å². The zero-order chi connectivity index (χ0) is 14.3. The first-order valence-electron chi connectivity index (χ1n) is 7.21. The van der Waals surface area contributed by atoms with Crippen molar-refractivity contribution < 1.29 is 0 Å². The Labute approximate surface area is 117 Å². The minimum absolute atomic E-state index is 0.108. The molecular formula is C15H28N4. The van der Waals surface area contributed by atoms with Crippen LogP contribution in [0.5, 0.6) is 0 Å². The zero-order valence-corrected chi connectivity index (χ0v) is 13.0. The third-order valence-corrected chi connectivity index (χ3v) is 2.99. The molecular weight excluding hydrogens is 236 g/mol. The Morgan fingerprint density at radius 1 is 1.16 bits per heavy atom. The van der Waals surface area contributed by atoms with Crippen molar-refractivity contribution in [2.45, 2.75) is 59.0 Å². The second kappa shape index (κ2) is 7.43.